The summed E-state index contributed by atoms with van der Waals surface area (Å²) in [6, 6.07) is 0. The zero-order valence-electron chi connectivity index (χ0n) is 5.42. The molecule has 1 aliphatic rings. The first-order chi connectivity index (χ1) is 4.33. The van der Waals surface area contributed by atoms with Crippen molar-refractivity contribution in [2.45, 2.75) is 18.1 Å². The highest BCUT2D eigenvalue weighted by molar-refractivity contribution is 8.01. The van der Waals surface area contributed by atoms with Crippen LogP contribution >= 0.6 is 11.8 Å². The van der Waals surface area contributed by atoms with Crippen LogP contribution in [0.3, 0.4) is 0 Å². The number of hydrogen-bond acceptors (Lipinski definition) is 3. The molecule has 0 aromatic rings. The number of carbonyl (C=O) groups is 1. The Morgan fingerprint density at radius 2 is 2.56 bits per heavy atom. The molecule has 1 heterocycles. The van der Waals surface area contributed by atoms with Crippen molar-refractivity contribution in [2.24, 2.45) is 0 Å². The van der Waals surface area contributed by atoms with E-state index in [4.69, 9.17) is 0 Å². The van der Waals surface area contributed by atoms with Gasteiger partial charge < -0.3 is 4.74 Å². The number of thioether (sulfide) groups is 1. The van der Waals surface area contributed by atoms with Gasteiger partial charge in [-0.3, -0.25) is 4.79 Å². The minimum absolute atomic E-state index is 0.0767. The lowest BCUT2D eigenvalue weighted by atomic mass is 10.2. The van der Waals surface area contributed by atoms with Crippen molar-refractivity contribution in [3.8, 4) is 0 Å². The number of rotatable bonds is 2. The molecule has 0 bridgehead atoms. The highest BCUT2D eigenvalue weighted by Crippen LogP contribution is 2.30. The summed E-state index contributed by atoms with van der Waals surface area (Å²) in [6.45, 7) is 0. The van der Waals surface area contributed by atoms with Crippen LogP contribution < -0.4 is 0 Å². The molecule has 1 saturated heterocycles. The van der Waals surface area contributed by atoms with E-state index in [9.17, 15) is 4.79 Å². The van der Waals surface area contributed by atoms with Crippen molar-refractivity contribution in [3.05, 3.63) is 0 Å². The molecule has 0 aromatic carbocycles. The average Bonchev–Trinajstić information content (AvgIpc) is 1.78. The van der Waals surface area contributed by atoms with Crippen LogP contribution in [0.25, 0.3) is 0 Å². The number of carbonyl (C=O) groups excluding carboxylic acids is 1. The van der Waals surface area contributed by atoms with E-state index in [0.29, 0.717) is 11.7 Å². The van der Waals surface area contributed by atoms with E-state index in [1.165, 1.54) is 19.3 Å². The Morgan fingerprint density at radius 3 is 2.89 bits per heavy atom. The monoisotopic (exact) mass is 146 g/mol. The molecule has 0 N–H and O–H groups in total. The number of ether oxygens (including phenoxy) is 1. The molecule has 0 radical (unpaired) electrons. The predicted molar refractivity (Wildman–Crippen MR) is 37.5 cm³/mol. The topological polar surface area (TPSA) is 26.3 Å². The van der Waals surface area contributed by atoms with Crippen LogP contribution in [0.4, 0.5) is 0 Å². The van der Waals surface area contributed by atoms with E-state index < -0.39 is 0 Å². The molecule has 3 heteroatoms. The van der Waals surface area contributed by atoms with Crippen molar-refractivity contribution in [3.63, 3.8) is 0 Å². The van der Waals surface area contributed by atoms with Crippen LogP contribution in [-0.2, 0) is 9.53 Å². The van der Waals surface area contributed by atoms with Crippen molar-refractivity contribution in [1.82, 2.24) is 0 Å². The molecule has 1 unspecified atom stereocenters. The summed E-state index contributed by atoms with van der Waals surface area (Å²) < 4.78 is 4.50. The van der Waals surface area contributed by atoms with E-state index >= 15 is 0 Å². The molecule has 0 amide bonds. The summed E-state index contributed by atoms with van der Waals surface area (Å²) >= 11 is 1.85. The Morgan fingerprint density at radius 1 is 1.89 bits per heavy atom. The van der Waals surface area contributed by atoms with Gasteiger partial charge in [0.15, 0.2) is 0 Å². The van der Waals surface area contributed by atoms with Gasteiger partial charge in [0.1, 0.15) is 0 Å². The van der Waals surface area contributed by atoms with Gasteiger partial charge in [0, 0.05) is 5.25 Å². The largest absolute Gasteiger partial charge is 0.469 e. The Balaban J connectivity index is 2.09. The van der Waals surface area contributed by atoms with Crippen molar-refractivity contribution >= 4 is 17.7 Å². The summed E-state index contributed by atoms with van der Waals surface area (Å²) in [5.74, 6) is 1.13. The zero-order valence-corrected chi connectivity index (χ0v) is 6.24. The fraction of sp³-hybridized carbons (Fsp3) is 0.833. The van der Waals surface area contributed by atoms with Gasteiger partial charge in [-0.15, -0.1) is 0 Å². The fourth-order valence-electron chi connectivity index (χ4n) is 0.715. The smallest absolute Gasteiger partial charge is 0.306 e. The molecule has 0 spiro atoms. The molecule has 1 atom stereocenters. The maximum absolute atomic E-state index is 10.6. The number of methoxy groups -OCH3 is 1. The quantitative estimate of drug-likeness (QED) is 0.545. The summed E-state index contributed by atoms with van der Waals surface area (Å²) in [6.07, 6.45) is 1.78. The summed E-state index contributed by atoms with van der Waals surface area (Å²) in [7, 11) is 1.44. The molecule has 1 rings (SSSR count). The first-order valence-corrected chi connectivity index (χ1v) is 4.06. The van der Waals surface area contributed by atoms with E-state index in [2.05, 4.69) is 4.74 Å². The maximum atomic E-state index is 10.6. The second-order valence-corrected chi connectivity index (χ2v) is 3.47. The number of hydrogen-bond donors (Lipinski definition) is 0. The Bertz CT molecular complexity index is 110. The first kappa shape index (κ1) is 6.93. The van der Waals surface area contributed by atoms with Crippen LogP contribution in [-0.4, -0.2) is 24.1 Å². The molecular formula is C6H10O2S. The molecular weight excluding hydrogens is 136 g/mol. The molecule has 9 heavy (non-hydrogen) atoms. The van der Waals surface area contributed by atoms with Gasteiger partial charge in [0.05, 0.1) is 13.5 Å². The van der Waals surface area contributed by atoms with Crippen molar-refractivity contribution in [1.29, 1.82) is 0 Å². The van der Waals surface area contributed by atoms with Crippen LogP contribution in [0.2, 0.25) is 0 Å². The van der Waals surface area contributed by atoms with Gasteiger partial charge in [-0.2, -0.15) is 11.8 Å². The highest BCUT2D eigenvalue weighted by atomic mass is 32.2. The van der Waals surface area contributed by atoms with Crippen LogP contribution in [0, 0.1) is 0 Å². The van der Waals surface area contributed by atoms with Gasteiger partial charge in [0.2, 0.25) is 0 Å². The van der Waals surface area contributed by atoms with Crippen molar-refractivity contribution < 1.29 is 9.53 Å². The van der Waals surface area contributed by atoms with E-state index in [0.717, 1.165) is 0 Å². The lowest BCUT2D eigenvalue weighted by Gasteiger charge is -2.22. The second-order valence-electron chi connectivity index (χ2n) is 2.06. The van der Waals surface area contributed by atoms with Crippen LogP contribution in [0.15, 0.2) is 0 Å². The lowest BCUT2D eigenvalue weighted by molar-refractivity contribution is -0.140. The van der Waals surface area contributed by atoms with Gasteiger partial charge >= 0.3 is 5.97 Å². The SMILES string of the molecule is COC(=O)CC1CCS1. The molecule has 0 saturated carbocycles. The molecule has 0 aliphatic carbocycles. The summed E-state index contributed by atoms with van der Waals surface area (Å²) in [5.41, 5.74) is 0. The van der Waals surface area contributed by atoms with Gasteiger partial charge in [-0.25, -0.2) is 0 Å². The molecule has 52 valence electrons. The third-order valence-electron chi connectivity index (χ3n) is 1.42. The molecule has 1 fully saturated rings. The second kappa shape index (κ2) is 3.11. The standard InChI is InChI=1S/C6H10O2S/c1-8-6(7)4-5-2-3-9-5/h5H,2-4H2,1H3. The Kier molecular flexibility index (Phi) is 2.39. The van der Waals surface area contributed by atoms with E-state index in [1.807, 2.05) is 11.8 Å². The minimum Gasteiger partial charge on any atom is -0.469 e. The van der Waals surface area contributed by atoms with Gasteiger partial charge in [-0.1, -0.05) is 0 Å². The highest BCUT2D eigenvalue weighted by Gasteiger charge is 2.21. The normalized spacial score (nSPS) is 24.8. The van der Waals surface area contributed by atoms with E-state index in [-0.39, 0.29) is 5.97 Å². The molecule has 0 aromatic heterocycles. The fourth-order valence-corrected chi connectivity index (χ4v) is 1.54. The van der Waals surface area contributed by atoms with Crippen molar-refractivity contribution in [2.75, 3.05) is 12.9 Å². The number of esters is 1. The molecule has 2 nitrogen and oxygen atoms in total. The Hall–Kier alpha value is -0.180. The third kappa shape index (κ3) is 1.90. The summed E-state index contributed by atoms with van der Waals surface area (Å²) in [4.78, 5) is 10.6. The Labute approximate surface area is 59.0 Å². The van der Waals surface area contributed by atoms with Gasteiger partial charge in [-0.05, 0) is 12.2 Å². The maximum Gasteiger partial charge on any atom is 0.306 e. The summed E-state index contributed by atoms with van der Waals surface area (Å²) in [5, 5.41) is 0.553. The zero-order chi connectivity index (χ0) is 6.69. The molecule has 1 aliphatic heterocycles. The lowest BCUT2D eigenvalue weighted by Crippen LogP contribution is -2.20. The average molecular weight is 146 g/mol. The van der Waals surface area contributed by atoms with Crippen LogP contribution in [0.5, 0.6) is 0 Å². The predicted octanol–water partition coefficient (Wildman–Crippen LogP) is 1.05. The van der Waals surface area contributed by atoms with E-state index in [1.54, 1.807) is 0 Å². The minimum atomic E-state index is -0.0767. The van der Waals surface area contributed by atoms with Crippen LogP contribution in [0.1, 0.15) is 12.8 Å². The first-order valence-electron chi connectivity index (χ1n) is 3.01. The third-order valence-corrected chi connectivity index (χ3v) is 2.76. The van der Waals surface area contributed by atoms with Gasteiger partial charge in [0.25, 0.3) is 0 Å².